The average molecular weight is 229 g/mol. The van der Waals surface area contributed by atoms with Gasteiger partial charge in [0.1, 0.15) is 0 Å². The summed E-state index contributed by atoms with van der Waals surface area (Å²) >= 11 is 0. The van der Waals surface area contributed by atoms with Gasteiger partial charge in [0.2, 0.25) is 0 Å². The van der Waals surface area contributed by atoms with Crippen molar-refractivity contribution in [3.8, 4) is 0 Å². The summed E-state index contributed by atoms with van der Waals surface area (Å²) in [6.07, 6.45) is 8.36. The van der Waals surface area contributed by atoms with Crippen molar-refractivity contribution in [2.75, 3.05) is 26.8 Å². The van der Waals surface area contributed by atoms with Crippen LogP contribution in [-0.2, 0) is 4.74 Å². The highest BCUT2D eigenvalue weighted by atomic mass is 16.5. The molecule has 3 nitrogen and oxygen atoms in total. The van der Waals surface area contributed by atoms with Crippen LogP contribution < -0.4 is 0 Å². The Balaban J connectivity index is 2.09. The van der Waals surface area contributed by atoms with Crippen LogP contribution in [0.2, 0.25) is 0 Å². The summed E-state index contributed by atoms with van der Waals surface area (Å²) in [4.78, 5) is 2.15. The number of ether oxygens (including phenoxy) is 1. The molecule has 0 aromatic rings. The molecule has 0 radical (unpaired) electrons. The second kappa shape index (κ2) is 8.04. The second-order valence-electron chi connectivity index (χ2n) is 5.00. The van der Waals surface area contributed by atoms with E-state index in [1.165, 1.54) is 38.5 Å². The molecule has 1 aliphatic rings. The van der Waals surface area contributed by atoms with Crippen molar-refractivity contribution in [3.63, 3.8) is 0 Å². The van der Waals surface area contributed by atoms with Crippen LogP contribution in [0.15, 0.2) is 0 Å². The van der Waals surface area contributed by atoms with Crippen LogP contribution in [-0.4, -0.2) is 49.0 Å². The topological polar surface area (TPSA) is 32.7 Å². The van der Waals surface area contributed by atoms with Gasteiger partial charge in [-0.25, -0.2) is 0 Å². The molecule has 1 atom stereocenters. The van der Waals surface area contributed by atoms with Crippen LogP contribution in [0, 0.1) is 0 Å². The van der Waals surface area contributed by atoms with Crippen LogP contribution >= 0.6 is 0 Å². The number of rotatable bonds is 6. The summed E-state index contributed by atoms with van der Waals surface area (Å²) in [7, 11) is 2.04. The fourth-order valence-corrected chi connectivity index (χ4v) is 2.13. The van der Waals surface area contributed by atoms with Gasteiger partial charge in [-0.1, -0.05) is 25.7 Å². The first kappa shape index (κ1) is 13.9. The average Bonchev–Trinajstić information content (AvgIpc) is 2.56. The smallest absolute Gasteiger partial charge is 0.0597 e. The molecule has 0 amide bonds. The van der Waals surface area contributed by atoms with Gasteiger partial charge in [-0.2, -0.15) is 0 Å². The molecule has 1 rings (SSSR count). The molecule has 1 saturated carbocycles. The molecule has 0 aliphatic heterocycles. The Morgan fingerprint density at radius 3 is 2.44 bits per heavy atom. The Morgan fingerprint density at radius 2 is 1.88 bits per heavy atom. The molecule has 0 aromatic heterocycles. The Hall–Kier alpha value is -0.120. The standard InChI is InChI=1S/C13H27NO2/c1-12(11-15)14(2)9-10-16-13-7-5-3-4-6-8-13/h12-13,15H,3-11H2,1-2H3. The molecule has 3 heteroatoms. The molecule has 1 unspecified atom stereocenters. The summed E-state index contributed by atoms with van der Waals surface area (Å²) in [6.45, 7) is 3.97. The molecule has 1 aliphatic carbocycles. The highest BCUT2D eigenvalue weighted by Gasteiger charge is 2.13. The lowest BCUT2D eigenvalue weighted by Gasteiger charge is -2.24. The lowest BCUT2D eigenvalue weighted by molar-refractivity contribution is 0.0237. The molecule has 16 heavy (non-hydrogen) atoms. The zero-order chi connectivity index (χ0) is 11.8. The zero-order valence-corrected chi connectivity index (χ0v) is 10.8. The van der Waals surface area contributed by atoms with E-state index in [0.717, 1.165) is 13.2 Å². The quantitative estimate of drug-likeness (QED) is 0.707. The SMILES string of the molecule is CC(CO)N(C)CCOC1CCCCCC1. The van der Waals surface area contributed by atoms with E-state index in [9.17, 15) is 0 Å². The normalized spacial score (nSPS) is 21.0. The Morgan fingerprint density at radius 1 is 1.25 bits per heavy atom. The van der Waals surface area contributed by atoms with E-state index >= 15 is 0 Å². The van der Waals surface area contributed by atoms with Crippen molar-refractivity contribution in [1.82, 2.24) is 4.90 Å². The third-order valence-corrected chi connectivity index (χ3v) is 3.62. The zero-order valence-electron chi connectivity index (χ0n) is 10.8. The molecular weight excluding hydrogens is 202 g/mol. The maximum atomic E-state index is 9.01. The lowest BCUT2D eigenvalue weighted by Crippen LogP contribution is -2.35. The fourth-order valence-electron chi connectivity index (χ4n) is 2.13. The third-order valence-electron chi connectivity index (χ3n) is 3.62. The maximum Gasteiger partial charge on any atom is 0.0597 e. The van der Waals surface area contributed by atoms with E-state index in [1.807, 2.05) is 14.0 Å². The van der Waals surface area contributed by atoms with Gasteiger partial charge in [0.25, 0.3) is 0 Å². The molecule has 96 valence electrons. The van der Waals surface area contributed by atoms with Crippen LogP contribution in [0.4, 0.5) is 0 Å². The molecule has 0 aromatic carbocycles. The van der Waals surface area contributed by atoms with Gasteiger partial charge in [-0.15, -0.1) is 0 Å². The number of likely N-dealkylation sites (N-methyl/N-ethyl adjacent to an activating group) is 1. The minimum atomic E-state index is 0.222. The molecule has 1 N–H and O–H groups in total. The fraction of sp³-hybridized carbons (Fsp3) is 1.00. The first-order valence-electron chi connectivity index (χ1n) is 6.66. The Kier molecular flexibility index (Phi) is 7.01. The molecule has 0 heterocycles. The minimum absolute atomic E-state index is 0.222. The van der Waals surface area contributed by atoms with Gasteiger partial charge in [0.15, 0.2) is 0 Å². The van der Waals surface area contributed by atoms with Crippen LogP contribution in [0.3, 0.4) is 0 Å². The number of hydrogen-bond acceptors (Lipinski definition) is 3. The summed E-state index contributed by atoms with van der Waals surface area (Å²) in [6, 6.07) is 0.234. The summed E-state index contributed by atoms with van der Waals surface area (Å²) < 4.78 is 5.90. The van der Waals surface area contributed by atoms with E-state index in [-0.39, 0.29) is 12.6 Å². The minimum Gasteiger partial charge on any atom is -0.395 e. The lowest BCUT2D eigenvalue weighted by atomic mass is 10.1. The van der Waals surface area contributed by atoms with E-state index in [1.54, 1.807) is 0 Å². The van der Waals surface area contributed by atoms with Gasteiger partial charge in [-0.05, 0) is 26.8 Å². The van der Waals surface area contributed by atoms with Gasteiger partial charge in [0.05, 0.1) is 19.3 Å². The van der Waals surface area contributed by atoms with Crippen LogP contribution in [0.25, 0.3) is 0 Å². The Bertz CT molecular complexity index is 167. The van der Waals surface area contributed by atoms with Gasteiger partial charge in [0, 0.05) is 12.6 Å². The number of hydrogen-bond donors (Lipinski definition) is 1. The second-order valence-corrected chi connectivity index (χ2v) is 5.00. The molecule has 1 fully saturated rings. The molecule has 0 saturated heterocycles. The third kappa shape index (κ3) is 5.28. The highest BCUT2D eigenvalue weighted by Crippen LogP contribution is 2.19. The van der Waals surface area contributed by atoms with Crippen molar-refractivity contribution in [2.45, 2.75) is 57.6 Å². The van der Waals surface area contributed by atoms with E-state index in [2.05, 4.69) is 4.90 Å². The predicted molar refractivity (Wildman–Crippen MR) is 66.6 cm³/mol. The molecule has 0 spiro atoms. The van der Waals surface area contributed by atoms with Crippen molar-refractivity contribution in [2.24, 2.45) is 0 Å². The van der Waals surface area contributed by atoms with Crippen LogP contribution in [0.1, 0.15) is 45.4 Å². The summed E-state index contributed by atoms with van der Waals surface area (Å²) in [5.41, 5.74) is 0. The van der Waals surface area contributed by atoms with Crippen molar-refractivity contribution >= 4 is 0 Å². The first-order chi connectivity index (χ1) is 7.74. The van der Waals surface area contributed by atoms with E-state index < -0.39 is 0 Å². The largest absolute Gasteiger partial charge is 0.395 e. The van der Waals surface area contributed by atoms with Crippen molar-refractivity contribution in [3.05, 3.63) is 0 Å². The maximum absolute atomic E-state index is 9.01. The Labute approximate surface area is 99.8 Å². The number of aliphatic hydroxyl groups is 1. The predicted octanol–water partition coefficient (Wildman–Crippen LogP) is 2.04. The summed E-state index contributed by atoms with van der Waals surface area (Å²) in [5, 5.41) is 9.01. The van der Waals surface area contributed by atoms with E-state index in [0.29, 0.717) is 6.10 Å². The van der Waals surface area contributed by atoms with Gasteiger partial charge in [-0.3, -0.25) is 4.90 Å². The summed E-state index contributed by atoms with van der Waals surface area (Å²) in [5.74, 6) is 0. The van der Waals surface area contributed by atoms with Gasteiger partial charge >= 0.3 is 0 Å². The highest BCUT2D eigenvalue weighted by molar-refractivity contribution is 4.65. The number of aliphatic hydroxyl groups excluding tert-OH is 1. The van der Waals surface area contributed by atoms with Gasteiger partial charge < -0.3 is 9.84 Å². The number of nitrogens with zero attached hydrogens (tertiary/aromatic N) is 1. The molecule has 0 bridgehead atoms. The van der Waals surface area contributed by atoms with Crippen molar-refractivity contribution in [1.29, 1.82) is 0 Å². The first-order valence-corrected chi connectivity index (χ1v) is 6.66. The molecular formula is C13H27NO2. The van der Waals surface area contributed by atoms with Crippen LogP contribution in [0.5, 0.6) is 0 Å². The monoisotopic (exact) mass is 229 g/mol. The van der Waals surface area contributed by atoms with E-state index in [4.69, 9.17) is 9.84 Å². The van der Waals surface area contributed by atoms with Crippen molar-refractivity contribution < 1.29 is 9.84 Å².